The van der Waals surface area contributed by atoms with Gasteiger partial charge in [-0.25, -0.2) is 4.79 Å². The van der Waals surface area contributed by atoms with Crippen LogP contribution < -0.4 is 60.9 Å². The first-order valence-electron chi connectivity index (χ1n) is 7.71. The van der Waals surface area contributed by atoms with Crippen molar-refractivity contribution in [3.05, 3.63) is 58.1 Å². The third-order valence-electron chi connectivity index (χ3n) is 3.83. The molecule has 1 N–H and O–H groups in total. The topological polar surface area (TPSA) is 124 Å². The Morgan fingerprint density at radius 1 is 0.821 bits per heavy atom. The van der Waals surface area contributed by atoms with E-state index in [1.54, 1.807) is 0 Å². The normalized spacial score (nSPS) is 11.6. The van der Waals surface area contributed by atoms with Gasteiger partial charge in [0.2, 0.25) is 5.78 Å². The Morgan fingerprint density at radius 3 is 1.96 bits per heavy atom. The molecule has 0 saturated carbocycles. The first-order valence-corrected chi connectivity index (χ1v) is 7.71. The molecule has 0 fully saturated rings. The SMILES string of the molecule is CC(=O)Oc1cccc2c1C(=O)c1c(OC(C)=O)cc(C(=O)O)cc1C2=O.[K+]. The standard InChI is InChI=1S/C19H12O8.K/c1-8(20)26-13-5-3-4-11-15(13)18(23)16-12(17(11)22)6-10(19(24)25)7-14(16)27-9(2)21;/h3-7H,1-2H3,(H,24,25);/q;+1. The number of aromatic carboxylic acids is 1. The molecular formula is C19H12KO8+. The Labute approximate surface area is 201 Å². The molecule has 0 unspecified atom stereocenters. The number of ether oxygens (including phenoxy) is 2. The van der Waals surface area contributed by atoms with Gasteiger partial charge in [-0.05, 0) is 18.2 Å². The summed E-state index contributed by atoms with van der Waals surface area (Å²) < 4.78 is 9.99. The van der Waals surface area contributed by atoms with E-state index >= 15 is 0 Å². The third-order valence-corrected chi connectivity index (χ3v) is 3.83. The average Bonchev–Trinajstić information content (AvgIpc) is 2.57. The number of benzene rings is 2. The first-order chi connectivity index (χ1) is 12.7. The summed E-state index contributed by atoms with van der Waals surface area (Å²) in [7, 11) is 0. The van der Waals surface area contributed by atoms with E-state index in [1.165, 1.54) is 18.2 Å². The van der Waals surface area contributed by atoms with E-state index in [2.05, 4.69) is 0 Å². The van der Waals surface area contributed by atoms with Crippen molar-refractivity contribution in [2.24, 2.45) is 0 Å². The van der Waals surface area contributed by atoms with Crippen molar-refractivity contribution in [3.63, 3.8) is 0 Å². The van der Waals surface area contributed by atoms with Crippen LogP contribution in [-0.4, -0.2) is 34.6 Å². The fraction of sp³-hybridized carbons (Fsp3) is 0.105. The Morgan fingerprint density at radius 2 is 1.39 bits per heavy atom. The van der Waals surface area contributed by atoms with Gasteiger partial charge in [-0.1, -0.05) is 12.1 Å². The van der Waals surface area contributed by atoms with Crippen LogP contribution in [0.5, 0.6) is 11.5 Å². The maximum absolute atomic E-state index is 13.1. The van der Waals surface area contributed by atoms with E-state index in [1.807, 2.05) is 0 Å². The number of carboxylic acid groups (broad SMARTS) is 1. The smallest absolute Gasteiger partial charge is 0.478 e. The van der Waals surface area contributed by atoms with Gasteiger partial charge in [0, 0.05) is 25.0 Å². The molecule has 0 atom stereocenters. The van der Waals surface area contributed by atoms with Crippen molar-refractivity contribution in [1.82, 2.24) is 0 Å². The maximum atomic E-state index is 13.1. The fourth-order valence-corrected chi connectivity index (χ4v) is 2.85. The molecule has 2 aromatic rings. The van der Waals surface area contributed by atoms with Crippen molar-refractivity contribution in [2.45, 2.75) is 13.8 Å². The molecule has 0 radical (unpaired) electrons. The number of carboxylic acids is 1. The van der Waals surface area contributed by atoms with Crippen LogP contribution >= 0.6 is 0 Å². The largest absolute Gasteiger partial charge is 1.00 e. The van der Waals surface area contributed by atoms with Crippen LogP contribution in [0.1, 0.15) is 56.0 Å². The van der Waals surface area contributed by atoms with E-state index in [0.717, 1.165) is 26.0 Å². The van der Waals surface area contributed by atoms with Crippen LogP contribution in [-0.2, 0) is 9.59 Å². The summed E-state index contributed by atoms with van der Waals surface area (Å²) in [6.07, 6.45) is 0. The molecule has 0 bridgehead atoms. The summed E-state index contributed by atoms with van der Waals surface area (Å²) in [5, 5.41) is 9.24. The maximum Gasteiger partial charge on any atom is 1.00 e. The fourth-order valence-electron chi connectivity index (χ4n) is 2.85. The van der Waals surface area contributed by atoms with Crippen molar-refractivity contribution in [1.29, 1.82) is 0 Å². The van der Waals surface area contributed by atoms with Crippen LogP contribution in [0, 0.1) is 0 Å². The van der Waals surface area contributed by atoms with Crippen molar-refractivity contribution in [2.75, 3.05) is 0 Å². The second kappa shape index (κ2) is 8.46. The minimum absolute atomic E-state index is 0. The van der Waals surface area contributed by atoms with Crippen molar-refractivity contribution in [3.8, 4) is 11.5 Å². The summed E-state index contributed by atoms with van der Waals surface area (Å²) >= 11 is 0. The quantitative estimate of drug-likeness (QED) is 0.334. The molecule has 0 aromatic heterocycles. The van der Waals surface area contributed by atoms with Gasteiger partial charge < -0.3 is 14.6 Å². The van der Waals surface area contributed by atoms with Crippen LogP contribution in [0.3, 0.4) is 0 Å². The van der Waals surface area contributed by atoms with Crippen molar-refractivity contribution < 1.29 is 89.9 Å². The van der Waals surface area contributed by atoms with Gasteiger partial charge in [-0.2, -0.15) is 0 Å². The molecule has 0 heterocycles. The van der Waals surface area contributed by atoms with Gasteiger partial charge in [0.15, 0.2) is 5.78 Å². The van der Waals surface area contributed by atoms with Crippen molar-refractivity contribution >= 4 is 29.5 Å². The average molecular weight is 407 g/mol. The first kappa shape index (κ1) is 22.1. The molecule has 9 heteroatoms. The Balaban J connectivity index is 0.00000280. The predicted molar refractivity (Wildman–Crippen MR) is 89.3 cm³/mol. The van der Waals surface area contributed by atoms with Gasteiger partial charge >= 0.3 is 69.3 Å². The molecule has 0 aliphatic heterocycles. The molecule has 0 saturated heterocycles. The monoisotopic (exact) mass is 407 g/mol. The van der Waals surface area contributed by atoms with Crippen LogP contribution in [0.4, 0.5) is 0 Å². The zero-order chi connectivity index (χ0) is 19.9. The van der Waals surface area contributed by atoms with Crippen LogP contribution in [0.2, 0.25) is 0 Å². The van der Waals surface area contributed by atoms with Gasteiger partial charge in [0.1, 0.15) is 11.5 Å². The molecule has 0 amide bonds. The van der Waals surface area contributed by atoms with Crippen LogP contribution in [0.25, 0.3) is 0 Å². The number of hydrogen-bond donors (Lipinski definition) is 1. The number of carbonyl (C=O) groups excluding carboxylic acids is 4. The second-order valence-electron chi connectivity index (χ2n) is 5.73. The number of fused-ring (bicyclic) bond motifs is 2. The van der Waals surface area contributed by atoms with Gasteiger partial charge in [-0.3, -0.25) is 19.2 Å². The Hall–Kier alpha value is -2.17. The van der Waals surface area contributed by atoms with E-state index < -0.39 is 29.5 Å². The molecule has 0 spiro atoms. The van der Waals surface area contributed by atoms with Crippen LogP contribution in [0.15, 0.2) is 30.3 Å². The zero-order valence-electron chi connectivity index (χ0n) is 15.2. The zero-order valence-corrected chi connectivity index (χ0v) is 18.3. The molecule has 1 aliphatic carbocycles. The van der Waals surface area contributed by atoms with E-state index in [9.17, 15) is 29.1 Å². The number of esters is 2. The number of rotatable bonds is 3. The molecule has 1 aliphatic rings. The number of hydrogen-bond acceptors (Lipinski definition) is 7. The molecule has 8 nitrogen and oxygen atoms in total. The van der Waals surface area contributed by atoms with E-state index in [0.29, 0.717) is 0 Å². The molecule has 3 rings (SSSR count). The summed E-state index contributed by atoms with van der Waals surface area (Å²) in [5.74, 6) is -4.66. The van der Waals surface area contributed by atoms with Gasteiger partial charge in [-0.15, -0.1) is 0 Å². The number of ketones is 2. The minimum atomic E-state index is -1.36. The summed E-state index contributed by atoms with van der Waals surface area (Å²) in [4.78, 5) is 60.0. The molecule has 136 valence electrons. The van der Waals surface area contributed by atoms with E-state index in [-0.39, 0.29) is 90.7 Å². The minimum Gasteiger partial charge on any atom is -0.478 e. The molecule has 28 heavy (non-hydrogen) atoms. The Bertz CT molecular complexity index is 1050. The van der Waals surface area contributed by atoms with Gasteiger partial charge in [0.05, 0.1) is 16.7 Å². The van der Waals surface area contributed by atoms with E-state index in [4.69, 9.17) is 9.47 Å². The Kier molecular flexibility index (Phi) is 6.68. The molecular weight excluding hydrogens is 395 g/mol. The number of carbonyl (C=O) groups is 5. The predicted octanol–water partition coefficient (Wildman–Crippen LogP) is -0.985. The van der Waals surface area contributed by atoms with Gasteiger partial charge in [0.25, 0.3) is 0 Å². The summed E-state index contributed by atoms with van der Waals surface area (Å²) in [5.41, 5.74) is -0.967. The summed E-state index contributed by atoms with van der Waals surface area (Å²) in [6.45, 7) is 2.22. The second-order valence-corrected chi connectivity index (χ2v) is 5.73. The molecule has 2 aromatic carbocycles. The third kappa shape index (κ3) is 3.98. The summed E-state index contributed by atoms with van der Waals surface area (Å²) in [6, 6.07) is 6.19.